The fourth-order valence-corrected chi connectivity index (χ4v) is 2.60. The minimum absolute atomic E-state index is 1.17. The van der Waals surface area contributed by atoms with Crippen LogP contribution in [0.3, 0.4) is 0 Å². The van der Waals surface area contributed by atoms with Gasteiger partial charge in [0.25, 0.3) is 0 Å². The largest absolute Gasteiger partial charge is 0.0952 e. The Bertz CT molecular complexity index is 345. The SMILES string of the molecule is C=C1CCCCCCCCCc2ccc1cc2. The molecule has 0 spiro atoms. The molecule has 0 aliphatic heterocycles. The zero-order valence-corrected chi connectivity index (χ0v) is 10.9. The van der Waals surface area contributed by atoms with Crippen LogP contribution in [-0.4, -0.2) is 0 Å². The molecule has 92 valence electrons. The molecule has 2 bridgehead atoms. The summed E-state index contributed by atoms with van der Waals surface area (Å²) in [5.74, 6) is 0. The Kier molecular flexibility index (Phi) is 4.85. The molecule has 0 amide bonds. The minimum atomic E-state index is 1.17. The van der Waals surface area contributed by atoms with E-state index in [0.29, 0.717) is 0 Å². The predicted molar refractivity (Wildman–Crippen MR) is 76.1 cm³/mol. The summed E-state index contributed by atoms with van der Waals surface area (Å²) in [7, 11) is 0. The number of hydrogen-bond acceptors (Lipinski definition) is 0. The number of benzene rings is 1. The molecule has 0 nitrogen and oxygen atoms in total. The van der Waals surface area contributed by atoms with Crippen LogP contribution in [0.4, 0.5) is 0 Å². The number of rotatable bonds is 0. The highest BCUT2D eigenvalue weighted by atomic mass is 14.1. The first-order chi connectivity index (χ1) is 8.36. The van der Waals surface area contributed by atoms with Crippen LogP contribution in [0.15, 0.2) is 30.8 Å². The van der Waals surface area contributed by atoms with Crippen molar-refractivity contribution < 1.29 is 0 Å². The smallest absolute Gasteiger partial charge is 0.0230 e. The van der Waals surface area contributed by atoms with Gasteiger partial charge in [0.05, 0.1) is 0 Å². The molecular formula is C17H24. The first kappa shape index (κ1) is 12.4. The molecule has 0 radical (unpaired) electrons. The summed E-state index contributed by atoms with van der Waals surface area (Å²) in [5, 5.41) is 0. The van der Waals surface area contributed by atoms with Gasteiger partial charge in [-0.3, -0.25) is 0 Å². The Labute approximate surface area is 106 Å². The maximum absolute atomic E-state index is 4.21. The van der Waals surface area contributed by atoms with E-state index in [0.717, 1.165) is 0 Å². The molecule has 0 unspecified atom stereocenters. The second kappa shape index (κ2) is 6.64. The molecule has 1 aromatic rings. The molecule has 0 fully saturated rings. The predicted octanol–water partition coefficient (Wildman–Crippen LogP) is 5.38. The molecule has 0 N–H and O–H groups in total. The molecular weight excluding hydrogens is 204 g/mol. The van der Waals surface area contributed by atoms with Gasteiger partial charge in [0.1, 0.15) is 0 Å². The third kappa shape index (κ3) is 4.03. The second-order valence-electron chi connectivity index (χ2n) is 5.28. The van der Waals surface area contributed by atoms with Crippen molar-refractivity contribution in [3.63, 3.8) is 0 Å². The normalized spacial score (nSPS) is 18.9. The summed E-state index contributed by atoms with van der Waals surface area (Å²) in [6.07, 6.45) is 12.1. The van der Waals surface area contributed by atoms with E-state index in [-0.39, 0.29) is 0 Å². The van der Waals surface area contributed by atoms with E-state index >= 15 is 0 Å². The van der Waals surface area contributed by atoms with E-state index < -0.39 is 0 Å². The fourth-order valence-electron chi connectivity index (χ4n) is 2.60. The molecule has 0 heterocycles. The molecule has 2 aliphatic rings. The van der Waals surface area contributed by atoms with Crippen LogP contribution in [0.2, 0.25) is 0 Å². The lowest BCUT2D eigenvalue weighted by molar-refractivity contribution is 0.582. The number of hydrogen-bond donors (Lipinski definition) is 0. The van der Waals surface area contributed by atoms with Crippen LogP contribution in [0.5, 0.6) is 0 Å². The Hall–Kier alpha value is -1.04. The molecule has 0 aromatic heterocycles. The topological polar surface area (TPSA) is 0 Å². The van der Waals surface area contributed by atoms with Crippen molar-refractivity contribution in [1.82, 2.24) is 0 Å². The Morgan fingerprint density at radius 2 is 1.18 bits per heavy atom. The van der Waals surface area contributed by atoms with E-state index in [2.05, 4.69) is 30.8 Å². The van der Waals surface area contributed by atoms with E-state index in [9.17, 15) is 0 Å². The van der Waals surface area contributed by atoms with Crippen molar-refractivity contribution >= 4 is 5.57 Å². The fraction of sp³-hybridized carbons (Fsp3) is 0.529. The van der Waals surface area contributed by atoms with Gasteiger partial charge in [-0.05, 0) is 42.4 Å². The van der Waals surface area contributed by atoms with Gasteiger partial charge in [0, 0.05) is 0 Å². The summed E-state index contributed by atoms with van der Waals surface area (Å²) < 4.78 is 0. The van der Waals surface area contributed by atoms with Crippen molar-refractivity contribution in [1.29, 1.82) is 0 Å². The molecule has 0 heteroatoms. The minimum Gasteiger partial charge on any atom is -0.0952 e. The van der Waals surface area contributed by atoms with Gasteiger partial charge in [-0.1, -0.05) is 62.9 Å². The highest BCUT2D eigenvalue weighted by Gasteiger charge is 2.01. The van der Waals surface area contributed by atoms with Gasteiger partial charge in [-0.25, -0.2) is 0 Å². The maximum Gasteiger partial charge on any atom is -0.0230 e. The first-order valence-electron chi connectivity index (χ1n) is 7.13. The van der Waals surface area contributed by atoms with Crippen LogP contribution >= 0.6 is 0 Å². The van der Waals surface area contributed by atoms with E-state index in [1.54, 1.807) is 0 Å². The quantitative estimate of drug-likeness (QED) is 0.559. The van der Waals surface area contributed by atoms with Crippen LogP contribution in [-0.2, 0) is 6.42 Å². The second-order valence-corrected chi connectivity index (χ2v) is 5.28. The summed E-state index contributed by atoms with van der Waals surface area (Å²) in [5.41, 5.74) is 4.14. The molecule has 0 saturated heterocycles. The van der Waals surface area contributed by atoms with E-state index in [4.69, 9.17) is 0 Å². The van der Waals surface area contributed by atoms with Crippen molar-refractivity contribution in [3.8, 4) is 0 Å². The van der Waals surface area contributed by atoms with Gasteiger partial charge in [-0.2, -0.15) is 0 Å². The van der Waals surface area contributed by atoms with Crippen molar-refractivity contribution in [2.24, 2.45) is 0 Å². The molecule has 2 aliphatic carbocycles. The molecule has 0 saturated carbocycles. The van der Waals surface area contributed by atoms with Crippen molar-refractivity contribution in [3.05, 3.63) is 42.0 Å². The highest BCUT2D eigenvalue weighted by Crippen LogP contribution is 2.22. The third-order valence-corrected chi connectivity index (χ3v) is 3.81. The lowest BCUT2D eigenvalue weighted by Gasteiger charge is -2.09. The van der Waals surface area contributed by atoms with Crippen LogP contribution in [0.25, 0.3) is 5.57 Å². The molecule has 3 rings (SSSR count). The van der Waals surface area contributed by atoms with E-state index in [1.165, 1.54) is 74.5 Å². The van der Waals surface area contributed by atoms with Crippen LogP contribution < -0.4 is 0 Å². The van der Waals surface area contributed by atoms with Gasteiger partial charge in [0.15, 0.2) is 0 Å². The number of aryl methyl sites for hydroxylation is 1. The van der Waals surface area contributed by atoms with Gasteiger partial charge in [-0.15, -0.1) is 0 Å². The van der Waals surface area contributed by atoms with Gasteiger partial charge >= 0.3 is 0 Å². The number of allylic oxidation sites excluding steroid dienone is 1. The van der Waals surface area contributed by atoms with E-state index in [1.807, 2.05) is 0 Å². The molecule has 1 aromatic carbocycles. The Balaban J connectivity index is 2.03. The first-order valence-corrected chi connectivity index (χ1v) is 7.13. The zero-order valence-electron chi connectivity index (χ0n) is 10.9. The Morgan fingerprint density at radius 1 is 0.647 bits per heavy atom. The average molecular weight is 228 g/mol. The summed E-state index contributed by atoms with van der Waals surface area (Å²) in [6, 6.07) is 9.07. The third-order valence-electron chi connectivity index (χ3n) is 3.81. The lowest BCUT2D eigenvalue weighted by Crippen LogP contribution is -1.90. The summed E-state index contributed by atoms with van der Waals surface area (Å²) in [4.78, 5) is 0. The van der Waals surface area contributed by atoms with Crippen molar-refractivity contribution in [2.45, 2.75) is 57.8 Å². The van der Waals surface area contributed by atoms with Crippen molar-refractivity contribution in [2.75, 3.05) is 0 Å². The highest BCUT2D eigenvalue weighted by molar-refractivity contribution is 5.63. The molecule has 17 heavy (non-hydrogen) atoms. The van der Waals surface area contributed by atoms with Gasteiger partial charge < -0.3 is 0 Å². The van der Waals surface area contributed by atoms with Gasteiger partial charge in [0.2, 0.25) is 0 Å². The lowest BCUT2D eigenvalue weighted by atomic mass is 9.97. The summed E-state index contributed by atoms with van der Waals surface area (Å²) >= 11 is 0. The number of fused-ring (bicyclic) bond motifs is 11. The van der Waals surface area contributed by atoms with Crippen LogP contribution in [0, 0.1) is 0 Å². The maximum atomic E-state index is 4.21. The molecule has 0 atom stereocenters. The standard InChI is InChI=1S/C17H24/c1-15-9-7-5-3-2-4-6-8-10-16-11-13-17(15)14-12-16/h11-14H,1-10H2. The Morgan fingerprint density at radius 3 is 1.82 bits per heavy atom. The summed E-state index contributed by atoms with van der Waals surface area (Å²) in [6.45, 7) is 4.21. The monoisotopic (exact) mass is 228 g/mol. The average Bonchev–Trinajstić information content (AvgIpc) is 2.37. The van der Waals surface area contributed by atoms with Crippen LogP contribution in [0.1, 0.15) is 62.5 Å². The zero-order chi connectivity index (χ0) is 11.9.